The summed E-state index contributed by atoms with van der Waals surface area (Å²) >= 11 is 0. The van der Waals surface area contributed by atoms with Crippen LogP contribution >= 0.6 is 0 Å². The van der Waals surface area contributed by atoms with E-state index in [4.69, 9.17) is 9.40 Å². The summed E-state index contributed by atoms with van der Waals surface area (Å²) < 4.78 is 6.81. The minimum absolute atomic E-state index is 0.0502. The van der Waals surface area contributed by atoms with Crippen LogP contribution in [-0.2, 0) is 11.3 Å². The Morgan fingerprint density at radius 1 is 1.28 bits per heavy atom. The number of carbonyl (C=O) groups is 1. The molecule has 1 aromatic carbocycles. The number of nitrogens with zero attached hydrogens (tertiary/aromatic N) is 5. The minimum atomic E-state index is -0.198. The van der Waals surface area contributed by atoms with Gasteiger partial charge in [0.05, 0.1) is 18.1 Å². The van der Waals surface area contributed by atoms with Gasteiger partial charge in [0.1, 0.15) is 17.6 Å². The third kappa shape index (κ3) is 3.49. The summed E-state index contributed by atoms with van der Waals surface area (Å²) in [5.74, 6) is 0.511. The molecule has 4 aromatic rings. The van der Waals surface area contributed by atoms with Crippen molar-refractivity contribution in [1.29, 1.82) is 0 Å². The van der Waals surface area contributed by atoms with Gasteiger partial charge in [-0.15, -0.1) is 0 Å². The van der Waals surface area contributed by atoms with Crippen LogP contribution in [0.5, 0.6) is 0 Å². The third-order valence-corrected chi connectivity index (χ3v) is 5.25. The molecule has 1 aliphatic carbocycles. The van der Waals surface area contributed by atoms with Crippen LogP contribution in [0.3, 0.4) is 0 Å². The number of rotatable bonds is 4. The van der Waals surface area contributed by atoms with Crippen LogP contribution in [0.25, 0.3) is 27.8 Å². The Balaban J connectivity index is 1.36. The van der Waals surface area contributed by atoms with E-state index in [-0.39, 0.29) is 12.5 Å². The minimum Gasteiger partial charge on any atom is -0.443 e. The molecule has 0 saturated carbocycles. The number of benzene rings is 1. The second-order valence-corrected chi connectivity index (χ2v) is 7.46. The van der Waals surface area contributed by atoms with Gasteiger partial charge in [-0.1, -0.05) is 13.0 Å². The zero-order chi connectivity index (χ0) is 19.8. The van der Waals surface area contributed by atoms with Gasteiger partial charge in [-0.05, 0) is 49.0 Å². The lowest BCUT2D eigenvalue weighted by atomic mass is 9.90. The fraction of sp³-hybridized carbons (Fsp3) is 0.286. The molecule has 0 fully saturated rings. The average molecular weight is 388 g/mol. The van der Waals surface area contributed by atoms with Crippen molar-refractivity contribution in [2.75, 3.05) is 5.32 Å². The second kappa shape index (κ2) is 7.12. The Hall–Kier alpha value is -3.55. The second-order valence-electron chi connectivity index (χ2n) is 7.46. The van der Waals surface area contributed by atoms with Gasteiger partial charge in [-0.25, -0.2) is 19.6 Å². The Morgan fingerprint density at radius 2 is 2.21 bits per heavy atom. The number of hydrogen-bond donors (Lipinski definition) is 1. The van der Waals surface area contributed by atoms with Crippen LogP contribution in [0.2, 0.25) is 0 Å². The first-order valence-corrected chi connectivity index (χ1v) is 9.67. The molecule has 0 spiro atoms. The van der Waals surface area contributed by atoms with Gasteiger partial charge in [-0.2, -0.15) is 5.10 Å². The molecular weight excluding hydrogens is 368 g/mol. The normalized spacial score (nSPS) is 16.9. The van der Waals surface area contributed by atoms with Crippen LogP contribution < -0.4 is 5.32 Å². The molecule has 1 N–H and O–H groups in total. The van der Waals surface area contributed by atoms with Crippen molar-refractivity contribution < 1.29 is 9.21 Å². The Morgan fingerprint density at radius 3 is 3.07 bits per heavy atom. The highest BCUT2D eigenvalue weighted by atomic mass is 16.3. The van der Waals surface area contributed by atoms with Crippen LogP contribution in [0.4, 0.5) is 5.69 Å². The third-order valence-electron chi connectivity index (χ3n) is 5.25. The number of fused-ring (bicyclic) bond motifs is 2. The quantitative estimate of drug-likeness (QED) is 0.571. The first kappa shape index (κ1) is 17.5. The summed E-state index contributed by atoms with van der Waals surface area (Å²) in [6.45, 7) is 2.31. The molecule has 146 valence electrons. The maximum absolute atomic E-state index is 12.5. The maximum atomic E-state index is 12.5. The molecule has 1 amide bonds. The van der Waals surface area contributed by atoms with E-state index in [0.29, 0.717) is 33.9 Å². The summed E-state index contributed by atoms with van der Waals surface area (Å²) in [4.78, 5) is 25.9. The summed E-state index contributed by atoms with van der Waals surface area (Å²) in [5, 5.41) is 7.17. The highest BCUT2D eigenvalue weighted by Gasteiger charge is 2.16. The van der Waals surface area contributed by atoms with Gasteiger partial charge in [0.25, 0.3) is 0 Å². The lowest BCUT2D eigenvalue weighted by Crippen LogP contribution is -2.19. The summed E-state index contributed by atoms with van der Waals surface area (Å²) in [5.41, 5.74) is 5.40. The lowest BCUT2D eigenvalue weighted by Gasteiger charge is -2.17. The molecule has 0 radical (unpaired) electrons. The van der Waals surface area contributed by atoms with Crippen LogP contribution in [0, 0.1) is 5.92 Å². The van der Waals surface area contributed by atoms with E-state index in [1.165, 1.54) is 12.0 Å². The van der Waals surface area contributed by atoms with Gasteiger partial charge < -0.3 is 9.73 Å². The van der Waals surface area contributed by atoms with Crippen LogP contribution in [-0.4, -0.2) is 30.6 Å². The molecule has 1 atom stereocenters. The smallest absolute Gasteiger partial charge is 0.246 e. The van der Waals surface area contributed by atoms with Crippen LogP contribution in [0.15, 0.2) is 47.5 Å². The van der Waals surface area contributed by atoms with Crippen molar-refractivity contribution in [2.45, 2.75) is 32.7 Å². The molecule has 1 aliphatic rings. The van der Waals surface area contributed by atoms with Gasteiger partial charge >= 0.3 is 0 Å². The first-order chi connectivity index (χ1) is 14.2. The van der Waals surface area contributed by atoms with Crippen molar-refractivity contribution in [3.05, 3.63) is 48.8 Å². The average Bonchev–Trinajstić information content (AvgIpc) is 3.35. The molecule has 8 heteroatoms. The molecule has 3 aromatic heterocycles. The highest BCUT2D eigenvalue weighted by Crippen LogP contribution is 2.29. The number of anilines is 1. The fourth-order valence-electron chi connectivity index (χ4n) is 3.59. The van der Waals surface area contributed by atoms with Gasteiger partial charge in [-0.3, -0.25) is 4.79 Å². The summed E-state index contributed by atoms with van der Waals surface area (Å²) in [7, 11) is 0. The molecule has 3 heterocycles. The van der Waals surface area contributed by atoms with Crippen molar-refractivity contribution in [3.63, 3.8) is 0 Å². The monoisotopic (exact) mass is 388 g/mol. The van der Waals surface area contributed by atoms with Gasteiger partial charge in [0, 0.05) is 5.69 Å². The van der Waals surface area contributed by atoms with Gasteiger partial charge in [0.15, 0.2) is 17.6 Å². The number of allylic oxidation sites excluding steroid dienone is 2. The molecule has 0 aliphatic heterocycles. The highest BCUT2D eigenvalue weighted by molar-refractivity contribution is 5.93. The summed E-state index contributed by atoms with van der Waals surface area (Å²) in [6, 6.07) is 5.32. The molecule has 1 unspecified atom stereocenters. The molecular formula is C21H20N6O2. The van der Waals surface area contributed by atoms with Crippen molar-refractivity contribution in [2.24, 2.45) is 5.92 Å². The number of carbonyl (C=O) groups excluding carboxylic acids is 1. The molecule has 29 heavy (non-hydrogen) atoms. The Kier molecular flexibility index (Phi) is 4.31. The lowest BCUT2D eigenvalue weighted by molar-refractivity contribution is -0.116. The van der Waals surface area contributed by atoms with E-state index < -0.39 is 0 Å². The van der Waals surface area contributed by atoms with Crippen molar-refractivity contribution in [1.82, 2.24) is 24.7 Å². The van der Waals surface area contributed by atoms with E-state index in [0.717, 1.165) is 25.0 Å². The summed E-state index contributed by atoms with van der Waals surface area (Å²) in [6.07, 6.45) is 10.3. The van der Waals surface area contributed by atoms with Crippen molar-refractivity contribution >= 4 is 39.4 Å². The van der Waals surface area contributed by atoms with E-state index in [9.17, 15) is 4.79 Å². The van der Waals surface area contributed by atoms with Crippen LogP contribution in [0.1, 0.15) is 31.9 Å². The topological polar surface area (TPSA) is 98.7 Å². The standard InChI is InChI=1S/C21H20N6O2/c1-13-2-4-14(5-3-13)17-9-22-18-10-24-27(21(18)26-17)11-20(28)25-15-6-7-19-16(8-15)23-12-29-19/h4,6-10,12-13H,2-3,5,11H2,1H3,(H,25,28). The van der Waals surface area contributed by atoms with E-state index in [1.54, 1.807) is 35.3 Å². The zero-order valence-corrected chi connectivity index (χ0v) is 16.0. The molecule has 5 rings (SSSR count). The maximum Gasteiger partial charge on any atom is 0.246 e. The number of hydrogen-bond acceptors (Lipinski definition) is 6. The Bertz CT molecular complexity index is 1240. The van der Waals surface area contributed by atoms with E-state index in [2.05, 4.69) is 33.4 Å². The molecule has 8 nitrogen and oxygen atoms in total. The SMILES string of the molecule is CC1CC=C(c2cnc3cnn(CC(=O)Nc4ccc5ocnc5c4)c3n2)CC1. The Labute approximate surface area is 166 Å². The largest absolute Gasteiger partial charge is 0.443 e. The van der Waals surface area contributed by atoms with Gasteiger partial charge in [0.2, 0.25) is 5.91 Å². The fourth-order valence-corrected chi connectivity index (χ4v) is 3.59. The number of aromatic nitrogens is 5. The number of oxazole rings is 1. The zero-order valence-electron chi connectivity index (χ0n) is 16.0. The van der Waals surface area contributed by atoms with E-state index in [1.807, 2.05) is 0 Å². The van der Waals surface area contributed by atoms with E-state index >= 15 is 0 Å². The first-order valence-electron chi connectivity index (χ1n) is 9.67. The van der Waals surface area contributed by atoms with Crippen molar-refractivity contribution in [3.8, 4) is 0 Å². The molecule has 0 saturated heterocycles. The number of nitrogens with one attached hydrogen (secondary N) is 1. The predicted octanol–water partition coefficient (Wildman–Crippen LogP) is 3.81. The number of amides is 1. The molecule has 0 bridgehead atoms. The predicted molar refractivity (Wildman–Crippen MR) is 109 cm³/mol.